The molecule has 0 aliphatic carbocycles. The zero-order valence-corrected chi connectivity index (χ0v) is 8.22. The second kappa shape index (κ2) is 4.08. The molecule has 0 radical (unpaired) electrons. The Balaban J connectivity index is 2.22. The van der Waals surface area contributed by atoms with Crippen molar-refractivity contribution in [3.8, 4) is 5.75 Å². The number of aromatic nitrogens is 3. The zero-order valence-electron chi connectivity index (χ0n) is 8.22. The molecule has 0 N–H and O–H groups in total. The molecule has 0 unspecified atom stereocenters. The second-order valence-corrected chi connectivity index (χ2v) is 3.05. The van der Waals surface area contributed by atoms with Crippen LogP contribution in [-0.4, -0.2) is 21.9 Å². The molecular formula is C10H10FN3O. The van der Waals surface area contributed by atoms with E-state index < -0.39 is 0 Å². The number of benzene rings is 1. The first-order valence-corrected chi connectivity index (χ1v) is 4.44. The monoisotopic (exact) mass is 207 g/mol. The molecule has 1 aromatic heterocycles. The summed E-state index contributed by atoms with van der Waals surface area (Å²) in [5.41, 5.74) is 0.557. The molecule has 5 heteroatoms. The van der Waals surface area contributed by atoms with Crippen molar-refractivity contribution in [3.63, 3.8) is 0 Å². The minimum Gasteiger partial charge on any atom is -0.497 e. The number of halogens is 1. The molecule has 4 nitrogen and oxygen atoms in total. The van der Waals surface area contributed by atoms with E-state index in [4.69, 9.17) is 4.74 Å². The summed E-state index contributed by atoms with van der Waals surface area (Å²) in [7, 11) is 1.51. The second-order valence-electron chi connectivity index (χ2n) is 3.05. The van der Waals surface area contributed by atoms with Gasteiger partial charge in [0.25, 0.3) is 0 Å². The van der Waals surface area contributed by atoms with Gasteiger partial charge in [-0.15, -0.1) is 0 Å². The van der Waals surface area contributed by atoms with Gasteiger partial charge in [0.2, 0.25) is 0 Å². The lowest BCUT2D eigenvalue weighted by atomic mass is 10.2. The van der Waals surface area contributed by atoms with Crippen LogP contribution in [0.2, 0.25) is 0 Å². The minimum atomic E-state index is -0.301. The molecular weight excluding hydrogens is 197 g/mol. The van der Waals surface area contributed by atoms with Gasteiger partial charge >= 0.3 is 0 Å². The average molecular weight is 207 g/mol. The Hall–Kier alpha value is -1.91. The number of rotatable bonds is 3. The molecule has 78 valence electrons. The Kier molecular flexibility index (Phi) is 2.62. The summed E-state index contributed by atoms with van der Waals surface area (Å²) in [4.78, 5) is 3.79. The molecule has 15 heavy (non-hydrogen) atoms. The van der Waals surface area contributed by atoms with Gasteiger partial charge in [-0.1, -0.05) is 6.07 Å². The molecule has 0 spiro atoms. The van der Waals surface area contributed by atoms with Crippen LogP contribution in [0.5, 0.6) is 5.75 Å². The summed E-state index contributed by atoms with van der Waals surface area (Å²) in [5, 5.41) is 3.90. The fourth-order valence-corrected chi connectivity index (χ4v) is 1.27. The highest BCUT2D eigenvalue weighted by Gasteiger charge is 2.04. The van der Waals surface area contributed by atoms with E-state index in [0.29, 0.717) is 17.9 Å². The van der Waals surface area contributed by atoms with Gasteiger partial charge in [0.05, 0.1) is 13.7 Å². The molecule has 2 aromatic rings. The summed E-state index contributed by atoms with van der Waals surface area (Å²) >= 11 is 0. The van der Waals surface area contributed by atoms with Crippen LogP contribution in [0.25, 0.3) is 0 Å². The lowest BCUT2D eigenvalue weighted by molar-refractivity contribution is 0.410. The summed E-state index contributed by atoms with van der Waals surface area (Å²) < 4.78 is 20.0. The highest BCUT2D eigenvalue weighted by Crippen LogP contribution is 2.16. The largest absolute Gasteiger partial charge is 0.497 e. The van der Waals surface area contributed by atoms with E-state index in [1.807, 2.05) is 0 Å². The topological polar surface area (TPSA) is 39.9 Å². The van der Waals surface area contributed by atoms with Crippen LogP contribution in [0.1, 0.15) is 5.56 Å². The van der Waals surface area contributed by atoms with E-state index in [2.05, 4.69) is 10.1 Å². The first-order valence-electron chi connectivity index (χ1n) is 4.44. The predicted molar refractivity (Wildman–Crippen MR) is 52.1 cm³/mol. The zero-order chi connectivity index (χ0) is 10.7. The van der Waals surface area contributed by atoms with Crippen molar-refractivity contribution in [3.05, 3.63) is 42.2 Å². The average Bonchev–Trinajstić information content (AvgIpc) is 2.74. The van der Waals surface area contributed by atoms with Crippen LogP contribution < -0.4 is 4.74 Å². The Labute approximate surface area is 86.3 Å². The normalized spacial score (nSPS) is 10.3. The maximum absolute atomic E-state index is 13.5. The van der Waals surface area contributed by atoms with Gasteiger partial charge < -0.3 is 4.74 Å². The summed E-state index contributed by atoms with van der Waals surface area (Å²) in [5.74, 6) is 0.208. The number of hydrogen-bond acceptors (Lipinski definition) is 3. The Morgan fingerprint density at radius 3 is 2.93 bits per heavy atom. The quantitative estimate of drug-likeness (QED) is 0.765. The van der Waals surface area contributed by atoms with Gasteiger partial charge in [-0.05, 0) is 6.07 Å². The fraction of sp³-hybridized carbons (Fsp3) is 0.200. The van der Waals surface area contributed by atoms with E-state index in [1.165, 1.54) is 19.5 Å². The van der Waals surface area contributed by atoms with Crippen LogP contribution in [0.15, 0.2) is 30.9 Å². The summed E-state index contributed by atoms with van der Waals surface area (Å²) in [6.45, 7) is 0.371. The highest BCUT2D eigenvalue weighted by atomic mass is 19.1. The van der Waals surface area contributed by atoms with Crippen LogP contribution >= 0.6 is 0 Å². The Morgan fingerprint density at radius 2 is 2.33 bits per heavy atom. The van der Waals surface area contributed by atoms with Crippen molar-refractivity contribution in [2.24, 2.45) is 0 Å². The van der Waals surface area contributed by atoms with Crippen LogP contribution in [0.4, 0.5) is 4.39 Å². The highest BCUT2D eigenvalue weighted by molar-refractivity contribution is 5.28. The van der Waals surface area contributed by atoms with Gasteiger partial charge in [-0.2, -0.15) is 5.10 Å². The lowest BCUT2D eigenvalue weighted by Gasteiger charge is -2.05. The van der Waals surface area contributed by atoms with E-state index >= 15 is 0 Å². The van der Waals surface area contributed by atoms with Gasteiger partial charge in [-0.3, -0.25) is 0 Å². The molecule has 0 saturated carbocycles. The molecule has 2 rings (SSSR count). The SMILES string of the molecule is COc1ccc(Cn2cncn2)c(F)c1. The van der Waals surface area contributed by atoms with Crippen molar-refractivity contribution >= 4 is 0 Å². The third kappa shape index (κ3) is 2.12. The van der Waals surface area contributed by atoms with Gasteiger partial charge in [0.15, 0.2) is 0 Å². The van der Waals surface area contributed by atoms with Crippen LogP contribution in [0, 0.1) is 5.82 Å². The summed E-state index contributed by atoms with van der Waals surface area (Å²) in [6, 6.07) is 4.75. The fourth-order valence-electron chi connectivity index (χ4n) is 1.27. The van der Waals surface area contributed by atoms with Gasteiger partial charge in [0, 0.05) is 11.6 Å². The van der Waals surface area contributed by atoms with Crippen molar-refractivity contribution in [1.82, 2.24) is 14.8 Å². The first kappa shape index (κ1) is 9.64. The maximum atomic E-state index is 13.5. The third-order valence-electron chi connectivity index (χ3n) is 2.06. The van der Waals surface area contributed by atoms with E-state index in [1.54, 1.807) is 23.1 Å². The van der Waals surface area contributed by atoms with Crippen LogP contribution in [0.3, 0.4) is 0 Å². The van der Waals surface area contributed by atoms with E-state index in [0.717, 1.165) is 0 Å². The molecule has 0 bridgehead atoms. The molecule has 0 amide bonds. The lowest BCUT2D eigenvalue weighted by Crippen LogP contribution is -2.02. The molecule has 0 atom stereocenters. The number of hydrogen-bond donors (Lipinski definition) is 0. The van der Waals surface area contributed by atoms with E-state index in [9.17, 15) is 4.39 Å². The molecule has 0 fully saturated rings. The molecule has 0 aliphatic heterocycles. The standard InChI is InChI=1S/C10H10FN3O/c1-15-9-3-2-8(10(11)4-9)5-14-7-12-6-13-14/h2-4,6-7H,5H2,1H3. The number of methoxy groups -OCH3 is 1. The van der Waals surface area contributed by atoms with Crippen LogP contribution in [-0.2, 0) is 6.54 Å². The van der Waals surface area contributed by atoms with Gasteiger partial charge in [0.1, 0.15) is 24.2 Å². The van der Waals surface area contributed by atoms with Crippen molar-refractivity contribution < 1.29 is 9.13 Å². The summed E-state index contributed by atoms with van der Waals surface area (Å²) in [6.07, 6.45) is 2.96. The Bertz CT molecular complexity index is 442. The minimum absolute atomic E-state index is 0.301. The smallest absolute Gasteiger partial charge is 0.137 e. The maximum Gasteiger partial charge on any atom is 0.137 e. The molecule has 0 aliphatic rings. The predicted octanol–water partition coefficient (Wildman–Crippen LogP) is 1.47. The van der Waals surface area contributed by atoms with E-state index in [-0.39, 0.29) is 5.82 Å². The van der Waals surface area contributed by atoms with Crippen molar-refractivity contribution in [1.29, 1.82) is 0 Å². The molecule has 0 saturated heterocycles. The third-order valence-corrected chi connectivity index (χ3v) is 2.06. The molecule has 1 heterocycles. The van der Waals surface area contributed by atoms with Crippen molar-refractivity contribution in [2.75, 3.05) is 7.11 Å². The van der Waals surface area contributed by atoms with Gasteiger partial charge in [-0.25, -0.2) is 14.1 Å². The number of nitrogens with zero attached hydrogens (tertiary/aromatic N) is 3. The number of ether oxygens (including phenoxy) is 1. The van der Waals surface area contributed by atoms with Crippen molar-refractivity contribution in [2.45, 2.75) is 6.54 Å². The molecule has 1 aromatic carbocycles. The Morgan fingerprint density at radius 1 is 1.47 bits per heavy atom. The first-order chi connectivity index (χ1) is 7.29.